The normalized spacial score (nSPS) is 14.0. The van der Waals surface area contributed by atoms with E-state index >= 15 is 0 Å². The first kappa shape index (κ1) is 16.1. The molecular weight excluding hydrogens is 341 g/mol. The summed E-state index contributed by atoms with van der Waals surface area (Å²) in [5, 5.41) is 0.478. The molecule has 0 unspecified atom stereocenters. The Hall–Kier alpha value is -2.40. The van der Waals surface area contributed by atoms with Gasteiger partial charge in [-0.25, -0.2) is 9.37 Å². The zero-order chi connectivity index (χ0) is 17.6. The number of benzene rings is 1. The Kier molecular flexibility index (Phi) is 3.96. The van der Waals surface area contributed by atoms with Gasteiger partial charge in [0, 0.05) is 18.8 Å². The Bertz CT molecular complexity index is 1030. The van der Waals surface area contributed by atoms with Crippen molar-refractivity contribution in [2.24, 2.45) is 0 Å². The summed E-state index contributed by atoms with van der Waals surface area (Å²) >= 11 is 5.94. The van der Waals surface area contributed by atoms with Gasteiger partial charge < -0.3 is 4.90 Å². The first-order valence-corrected chi connectivity index (χ1v) is 8.61. The largest absolute Gasteiger partial charge is 0.363 e. The van der Waals surface area contributed by atoms with Gasteiger partial charge in [-0.15, -0.1) is 0 Å². The molecule has 1 aromatic carbocycles. The van der Waals surface area contributed by atoms with Crippen molar-refractivity contribution in [1.29, 1.82) is 0 Å². The van der Waals surface area contributed by atoms with Crippen LogP contribution in [0.15, 0.2) is 41.3 Å². The highest BCUT2D eigenvalue weighted by molar-refractivity contribution is 6.30. The predicted molar refractivity (Wildman–Crippen MR) is 97.0 cm³/mol. The number of halogens is 2. The molecule has 0 bridgehead atoms. The molecule has 0 aliphatic carbocycles. The molecule has 0 atom stereocenters. The van der Waals surface area contributed by atoms with E-state index in [1.807, 2.05) is 17.9 Å². The van der Waals surface area contributed by atoms with Crippen molar-refractivity contribution in [2.75, 3.05) is 11.4 Å². The molecule has 4 rings (SSSR count). The van der Waals surface area contributed by atoms with Crippen LogP contribution in [0.25, 0.3) is 5.65 Å². The summed E-state index contributed by atoms with van der Waals surface area (Å²) in [6, 6.07) is 8.24. The van der Waals surface area contributed by atoms with E-state index in [9.17, 15) is 9.18 Å². The van der Waals surface area contributed by atoms with Gasteiger partial charge in [-0.2, -0.15) is 0 Å². The van der Waals surface area contributed by atoms with E-state index in [4.69, 9.17) is 11.6 Å². The minimum atomic E-state index is -0.218. The van der Waals surface area contributed by atoms with Gasteiger partial charge in [0.1, 0.15) is 11.5 Å². The van der Waals surface area contributed by atoms with E-state index < -0.39 is 0 Å². The first-order valence-electron chi connectivity index (χ1n) is 8.24. The summed E-state index contributed by atoms with van der Waals surface area (Å²) in [6.07, 6.45) is 3.39. The SMILES string of the molecule is Cc1ccc(F)c2c1CCCN2Cc1cc(=O)n2cc(Cl)ccc2n1. The topological polar surface area (TPSA) is 37.6 Å². The molecule has 3 heterocycles. The van der Waals surface area contributed by atoms with Gasteiger partial charge in [0.15, 0.2) is 0 Å². The van der Waals surface area contributed by atoms with Crippen molar-refractivity contribution in [1.82, 2.24) is 9.38 Å². The van der Waals surface area contributed by atoms with E-state index in [1.54, 1.807) is 18.3 Å². The maximum atomic E-state index is 14.4. The zero-order valence-corrected chi connectivity index (χ0v) is 14.6. The van der Waals surface area contributed by atoms with Gasteiger partial charge in [0.25, 0.3) is 5.56 Å². The number of aromatic nitrogens is 2. The number of hydrogen-bond donors (Lipinski definition) is 0. The fourth-order valence-corrected chi connectivity index (χ4v) is 3.65. The van der Waals surface area contributed by atoms with Crippen molar-refractivity contribution < 1.29 is 4.39 Å². The van der Waals surface area contributed by atoms with Gasteiger partial charge in [0.2, 0.25) is 0 Å². The van der Waals surface area contributed by atoms with Crippen LogP contribution in [0.3, 0.4) is 0 Å². The molecule has 0 saturated heterocycles. The lowest BCUT2D eigenvalue weighted by Crippen LogP contribution is -2.31. The van der Waals surface area contributed by atoms with Crippen LogP contribution in [0.4, 0.5) is 10.1 Å². The molecular formula is C19H17ClFN3O. The number of anilines is 1. The Balaban J connectivity index is 1.75. The molecule has 1 aliphatic heterocycles. The van der Waals surface area contributed by atoms with Gasteiger partial charge in [-0.3, -0.25) is 9.20 Å². The molecule has 4 nitrogen and oxygen atoms in total. The predicted octanol–water partition coefficient (Wildman–Crippen LogP) is 3.75. The standard InChI is InChI=1S/C19H17ClFN3O/c1-12-4-6-16(21)19-15(12)3-2-8-23(19)11-14-9-18(25)24-10-13(20)5-7-17(24)22-14/h4-7,9-10H,2-3,8,11H2,1H3. The summed E-state index contributed by atoms with van der Waals surface area (Å²) in [7, 11) is 0. The first-order chi connectivity index (χ1) is 12.0. The van der Waals surface area contributed by atoms with Crippen molar-refractivity contribution in [3.8, 4) is 0 Å². The monoisotopic (exact) mass is 357 g/mol. The fraction of sp³-hybridized carbons (Fsp3) is 0.263. The minimum absolute atomic E-state index is 0.190. The molecule has 3 aromatic rings. The maximum Gasteiger partial charge on any atom is 0.258 e. The molecule has 1 aliphatic rings. The number of hydrogen-bond acceptors (Lipinski definition) is 3. The number of pyridine rings is 1. The minimum Gasteiger partial charge on any atom is -0.363 e. The van der Waals surface area contributed by atoms with Crippen LogP contribution in [-0.2, 0) is 13.0 Å². The molecule has 25 heavy (non-hydrogen) atoms. The third-order valence-corrected chi connectivity index (χ3v) is 4.89. The lowest BCUT2D eigenvalue weighted by molar-refractivity contribution is 0.592. The number of nitrogens with zero attached hydrogens (tertiary/aromatic N) is 3. The number of rotatable bonds is 2. The molecule has 128 valence electrons. The van der Waals surface area contributed by atoms with Crippen LogP contribution in [0.5, 0.6) is 0 Å². The van der Waals surface area contributed by atoms with Crippen LogP contribution in [0, 0.1) is 12.7 Å². The highest BCUT2D eigenvalue weighted by Crippen LogP contribution is 2.33. The summed E-state index contributed by atoms with van der Waals surface area (Å²) in [5.74, 6) is -0.218. The zero-order valence-electron chi connectivity index (χ0n) is 13.8. The van der Waals surface area contributed by atoms with Crippen molar-refractivity contribution in [3.05, 3.63) is 74.5 Å². The second-order valence-corrected chi connectivity index (χ2v) is 6.81. The lowest BCUT2D eigenvalue weighted by Gasteiger charge is -2.32. The van der Waals surface area contributed by atoms with Crippen molar-refractivity contribution >= 4 is 22.9 Å². The van der Waals surface area contributed by atoms with E-state index in [-0.39, 0.29) is 11.4 Å². The van der Waals surface area contributed by atoms with Crippen molar-refractivity contribution in [2.45, 2.75) is 26.3 Å². The Morgan fingerprint density at radius 3 is 2.96 bits per heavy atom. The fourth-order valence-electron chi connectivity index (χ4n) is 3.49. The summed E-state index contributed by atoms with van der Waals surface area (Å²) in [5.41, 5.74) is 3.77. The molecule has 0 saturated carbocycles. The second kappa shape index (κ2) is 6.15. The highest BCUT2D eigenvalue weighted by atomic mass is 35.5. The van der Waals surface area contributed by atoms with E-state index in [0.29, 0.717) is 28.6 Å². The van der Waals surface area contributed by atoms with E-state index in [0.717, 1.165) is 30.5 Å². The molecule has 6 heteroatoms. The quantitative estimate of drug-likeness (QED) is 0.701. The van der Waals surface area contributed by atoms with Gasteiger partial charge >= 0.3 is 0 Å². The van der Waals surface area contributed by atoms with Crippen molar-refractivity contribution in [3.63, 3.8) is 0 Å². The molecule has 0 spiro atoms. The highest BCUT2D eigenvalue weighted by Gasteiger charge is 2.23. The summed E-state index contributed by atoms with van der Waals surface area (Å²) < 4.78 is 15.9. The van der Waals surface area contributed by atoms with Gasteiger partial charge in [0.05, 0.1) is 22.9 Å². The Morgan fingerprint density at radius 1 is 1.28 bits per heavy atom. The van der Waals surface area contributed by atoms with E-state index in [2.05, 4.69) is 4.98 Å². The summed E-state index contributed by atoms with van der Waals surface area (Å²) in [4.78, 5) is 18.8. The summed E-state index contributed by atoms with van der Waals surface area (Å²) in [6.45, 7) is 3.16. The third kappa shape index (κ3) is 2.89. The lowest BCUT2D eigenvalue weighted by atomic mass is 9.96. The number of aryl methyl sites for hydroxylation is 1. The second-order valence-electron chi connectivity index (χ2n) is 6.38. The molecule has 0 amide bonds. The van der Waals surface area contributed by atoms with Crippen LogP contribution in [-0.4, -0.2) is 15.9 Å². The Labute approximate surface area is 149 Å². The molecule has 0 N–H and O–H groups in total. The maximum absolute atomic E-state index is 14.4. The van der Waals surface area contributed by atoms with Crippen LogP contribution in [0.1, 0.15) is 23.2 Å². The van der Waals surface area contributed by atoms with Gasteiger partial charge in [-0.1, -0.05) is 17.7 Å². The number of fused-ring (bicyclic) bond motifs is 2. The molecule has 2 aromatic heterocycles. The molecule has 0 fully saturated rings. The van der Waals surface area contributed by atoms with Crippen LogP contribution in [0.2, 0.25) is 5.02 Å². The van der Waals surface area contributed by atoms with Crippen LogP contribution < -0.4 is 10.5 Å². The Morgan fingerprint density at radius 2 is 2.12 bits per heavy atom. The van der Waals surface area contributed by atoms with Crippen LogP contribution >= 0.6 is 11.6 Å². The van der Waals surface area contributed by atoms with Gasteiger partial charge in [-0.05, 0) is 49.1 Å². The third-order valence-electron chi connectivity index (χ3n) is 4.67. The smallest absolute Gasteiger partial charge is 0.258 e. The molecule has 0 radical (unpaired) electrons. The average molecular weight is 358 g/mol. The average Bonchev–Trinajstić information content (AvgIpc) is 2.59. The van der Waals surface area contributed by atoms with E-state index in [1.165, 1.54) is 16.5 Å².